The van der Waals surface area contributed by atoms with Gasteiger partial charge in [-0.25, -0.2) is 0 Å². The van der Waals surface area contributed by atoms with Crippen LogP contribution in [0.15, 0.2) is 23.0 Å². The molecule has 2 amide bonds. The second-order valence-corrected chi connectivity index (χ2v) is 7.55. The van der Waals surface area contributed by atoms with Crippen molar-refractivity contribution < 1.29 is 23.5 Å². The number of ether oxygens (including phenoxy) is 1. The van der Waals surface area contributed by atoms with Gasteiger partial charge in [0.15, 0.2) is 5.78 Å². The van der Waals surface area contributed by atoms with Crippen molar-refractivity contribution >= 4 is 17.6 Å². The standard InChI is InChI=1S/C20H30N2O5/c1-5-17-18(16(23)11-27-17)22-20(25)15(7-6-13(4)12(2)3)21-19(24)14-8-9-26-10-14/h8-10,12-13,15,17-18H,5-7,11H2,1-4H3,(H,21,24)(H,22,25)/t13?,15-,17?,18?/m0/s1. The summed E-state index contributed by atoms with van der Waals surface area (Å²) in [6.45, 7) is 8.30. The minimum Gasteiger partial charge on any atom is -0.472 e. The molecule has 2 heterocycles. The molecule has 3 unspecified atom stereocenters. The fourth-order valence-corrected chi connectivity index (χ4v) is 3.03. The van der Waals surface area contributed by atoms with Crippen LogP contribution in [0.25, 0.3) is 0 Å². The SMILES string of the molecule is CCC1OCC(=O)C1NC(=O)[C@H](CCC(C)C(C)C)NC(=O)c1ccoc1. The number of Topliss-reactive ketones (excluding diaryl/α,β-unsaturated/α-hetero) is 1. The van der Waals surface area contributed by atoms with E-state index in [9.17, 15) is 14.4 Å². The Morgan fingerprint density at radius 1 is 1.26 bits per heavy atom. The maximum atomic E-state index is 12.8. The van der Waals surface area contributed by atoms with Crippen LogP contribution in [-0.2, 0) is 14.3 Å². The van der Waals surface area contributed by atoms with Gasteiger partial charge in [-0.3, -0.25) is 14.4 Å². The zero-order chi connectivity index (χ0) is 20.0. The molecule has 1 fully saturated rings. The maximum absolute atomic E-state index is 12.8. The van der Waals surface area contributed by atoms with Crippen LogP contribution >= 0.6 is 0 Å². The first kappa shape index (κ1) is 21.2. The molecular formula is C20H30N2O5. The van der Waals surface area contributed by atoms with Crippen LogP contribution in [0.3, 0.4) is 0 Å². The lowest BCUT2D eigenvalue weighted by molar-refractivity contribution is -0.127. The number of furan rings is 1. The van der Waals surface area contributed by atoms with Crippen LogP contribution in [0.4, 0.5) is 0 Å². The molecule has 1 aliphatic rings. The third-order valence-corrected chi connectivity index (χ3v) is 5.31. The van der Waals surface area contributed by atoms with Gasteiger partial charge in [0.25, 0.3) is 5.91 Å². The van der Waals surface area contributed by atoms with Gasteiger partial charge in [0, 0.05) is 0 Å². The van der Waals surface area contributed by atoms with Gasteiger partial charge in [0.1, 0.15) is 25.0 Å². The fourth-order valence-electron chi connectivity index (χ4n) is 3.03. The van der Waals surface area contributed by atoms with Crippen LogP contribution in [0.5, 0.6) is 0 Å². The summed E-state index contributed by atoms with van der Waals surface area (Å²) in [4.78, 5) is 37.2. The number of rotatable bonds is 9. The van der Waals surface area contributed by atoms with Gasteiger partial charge in [-0.1, -0.05) is 27.7 Å². The normalized spacial score (nSPS) is 21.9. The van der Waals surface area contributed by atoms with Crippen molar-refractivity contribution in [1.82, 2.24) is 10.6 Å². The van der Waals surface area contributed by atoms with Gasteiger partial charge in [-0.15, -0.1) is 0 Å². The van der Waals surface area contributed by atoms with Gasteiger partial charge in [-0.2, -0.15) is 0 Å². The molecule has 2 rings (SSSR count). The largest absolute Gasteiger partial charge is 0.472 e. The van der Waals surface area contributed by atoms with E-state index in [0.717, 1.165) is 6.42 Å². The molecule has 1 aromatic rings. The van der Waals surface area contributed by atoms with E-state index in [0.29, 0.717) is 30.2 Å². The number of carbonyl (C=O) groups excluding carboxylic acids is 3. The summed E-state index contributed by atoms with van der Waals surface area (Å²) >= 11 is 0. The van der Waals surface area contributed by atoms with Gasteiger partial charge >= 0.3 is 0 Å². The maximum Gasteiger partial charge on any atom is 0.255 e. The first-order chi connectivity index (χ1) is 12.8. The van der Waals surface area contributed by atoms with E-state index in [4.69, 9.17) is 9.15 Å². The lowest BCUT2D eigenvalue weighted by atomic mass is 9.91. The second kappa shape index (κ2) is 9.69. The number of hydrogen-bond acceptors (Lipinski definition) is 5. The first-order valence-corrected chi connectivity index (χ1v) is 9.61. The average molecular weight is 378 g/mol. The van der Waals surface area contributed by atoms with Crippen molar-refractivity contribution in [1.29, 1.82) is 0 Å². The van der Waals surface area contributed by atoms with Gasteiger partial charge in [0.05, 0.1) is 17.9 Å². The Morgan fingerprint density at radius 3 is 2.59 bits per heavy atom. The molecule has 7 nitrogen and oxygen atoms in total. The predicted octanol–water partition coefficient (Wildman–Crippen LogP) is 2.31. The molecule has 1 aromatic heterocycles. The van der Waals surface area contributed by atoms with E-state index in [2.05, 4.69) is 31.4 Å². The molecule has 4 atom stereocenters. The third kappa shape index (κ3) is 5.66. The summed E-state index contributed by atoms with van der Waals surface area (Å²) in [5, 5.41) is 5.55. The smallest absolute Gasteiger partial charge is 0.255 e. The lowest BCUT2D eigenvalue weighted by Gasteiger charge is -2.24. The second-order valence-electron chi connectivity index (χ2n) is 7.55. The zero-order valence-electron chi connectivity index (χ0n) is 16.5. The van der Waals surface area contributed by atoms with Crippen LogP contribution in [0.2, 0.25) is 0 Å². The molecule has 27 heavy (non-hydrogen) atoms. The van der Waals surface area contributed by atoms with Crippen molar-refractivity contribution in [3.05, 3.63) is 24.2 Å². The summed E-state index contributed by atoms with van der Waals surface area (Å²) in [5.41, 5.74) is 0.358. The Bertz CT molecular complexity index is 641. The van der Waals surface area contributed by atoms with Crippen molar-refractivity contribution in [2.75, 3.05) is 6.61 Å². The molecule has 2 N–H and O–H groups in total. The highest BCUT2D eigenvalue weighted by Gasteiger charge is 2.37. The molecule has 1 aliphatic heterocycles. The van der Waals surface area contributed by atoms with Crippen LogP contribution in [0, 0.1) is 11.8 Å². The topological polar surface area (TPSA) is 97.6 Å². The zero-order valence-corrected chi connectivity index (χ0v) is 16.5. The Labute approximate surface area is 160 Å². The van der Waals surface area contributed by atoms with E-state index in [1.54, 1.807) is 6.07 Å². The highest BCUT2D eigenvalue weighted by atomic mass is 16.5. The van der Waals surface area contributed by atoms with E-state index in [-0.39, 0.29) is 30.3 Å². The Kier molecular flexibility index (Phi) is 7.59. The molecule has 0 bridgehead atoms. The predicted molar refractivity (Wildman–Crippen MR) is 100 cm³/mol. The molecule has 7 heteroatoms. The van der Waals surface area contributed by atoms with Crippen LogP contribution in [0.1, 0.15) is 57.3 Å². The van der Waals surface area contributed by atoms with Crippen molar-refractivity contribution in [2.45, 2.75) is 65.1 Å². The van der Waals surface area contributed by atoms with Crippen molar-refractivity contribution in [2.24, 2.45) is 11.8 Å². The number of nitrogens with one attached hydrogen (secondary N) is 2. The molecule has 0 aliphatic carbocycles. The summed E-state index contributed by atoms with van der Waals surface area (Å²) in [5.74, 6) is 0.0245. The summed E-state index contributed by atoms with van der Waals surface area (Å²) in [7, 11) is 0. The number of hydrogen-bond donors (Lipinski definition) is 2. The van der Waals surface area contributed by atoms with E-state index < -0.39 is 12.1 Å². The van der Waals surface area contributed by atoms with Crippen molar-refractivity contribution in [3.63, 3.8) is 0 Å². The molecule has 1 saturated heterocycles. The minimum absolute atomic E-state index is 0.0138. The molecule has 0 radical (unpaired) electrons. The molecule has 0 aromatic carbocycles. The highest BCUT2D eigenvalue weighted by molar-refractivity contribution is 5.98. The van der Waals surface area contributed by atoms with Crippen molar-refractivity contribution in [3.8, 4) is 0 Å². The fraction of sp³-hybridized carbons (Fsp3) is 0.650. The monoisotopic (exact) mass is 378 g/mol. The van der Waals surface area contributed by atoms with Gasteiger partial charge in [-0.05, 0) is 37.2 Å². The van der Waals surface area contributed by atoms with Crippen LogP contribution < -0.4 is 10.6 Å². The first-order valence-electron chi connectivity index (χ1n) is 9.61. The number of amides is 2. The number of carbonyl (C=O) groups is 3. The average Bonchev–Trinajstić information content (AvgIpc) is 3.28. The van der Waals surface area contributed by atoms with E-state index in [1.807, 2.05) is 6.92 Å². The summed E-state index contributed by atoms with van der Waals surface area (Å²) in [6, 6.07) is 0.167. The molecule has 0 spiro atoms. The number of ketones is 1. The summed E-state index contributed by atoms with van der Waals surface area (Å²) < 4.78 is 10.3. The van der Waals surface area contributed by atoms with Crippen LogP contribution in [-0.4, -0.2) is 42.4 Å². The van der Waals surface area contributed by atoms with E-state index >= 15 is 0 Å². The minimum atomic E-state index is -0.723. The molecular weight excluding hydrogens is 348 g/mol. The molecule has 150 valence electrons. The van der Waals surface area contributed by atoms with Gasteiger partial charge in [0.2, 0.25) is 5.91 Å². The quantitative estimate of drug-likeness (QED) is 0.687. The Morgan fingerprint density at radius 2 is 2.00 bits per heavy atom. The summed E-state index contributed by atoms with van der Waals surface area (Å²) in [6.07, 6.45) is 4.34. The molecule has 0 saturated carbocycles. The highest BCUT2D eigenvalue weighted by Crippen LogP contribution is 2.18. The van der Waals surface area contributed by atoms with Gasteiger partial charge < -0.3 is 19.8 Å². The van der Waals surface area contributed by atoms with E-state index in [1.165, 1.54) is 12.5 Å². The Balaban J connectivity index is 2.06. The third-order valence-electron chi connectivity index (χ3n) is 5.31. The Hall–Kier alpha value is -2.15. The lowest BCUT2D eigenvalue weighted by Crippen LogP contribution is -2.53.